The lowest BCUT2D eigenvalue weighted by atomic mass is 10.2. The number of hydrogen-bond donors (Lipinski definition) is 2. The standard InChI is InChI=1S/C12H13N2O3PS/c1-9(17-18(15,16)19)6-11-7-10-4-2-3-5-12(10)14(11)8-13/h2-5,7,9H,6H2,1H3,(H2,15,16,19). The normalized spacial score (nSPS) is 13.4. The van der Waals surface area contributed by atoms with Crippen LogP contribution in [-0.4, -0.2) is 20.5 Å². The van der Waals surface area contributed by atoms with Crippen molar-refractivity contribution in [3.8, 4) is 6.19 Å². The monoisotopic (exact) mass is 296 g/mol. The Bertz CT molecular complexity index is 686. The van der Waals surface area contributed by atoms with Crippen LogP contribution in [0, 0.1) is 11.5 Å². The Morgan fingerprint density at radius 3 is 2.79 bits per heavy atom. The number of benzene rings is 1. The maximum absolute atomic E-state index is 9.21. The van der Waals surface area contributed by atoms with E-state index in [-0.39, 0.29) is 0 Å². The Kier molecular flexibility index (Phi) is 4.04. The summed E-state index contributed by atoms with van der Waals surface area (Å²) >= 11 is 4.43. The SMILES string of the molecule is CC(Cc1cc2ccccc2n1C#N)OP(O)(O)=S. The van der Waals surface area contributed by atoms with Crippen molar-refractivity contribution in [3.63, 3.8) is 0 Å². The van der Waals surface area contributed by atoms with E-state index in [1.54, 1.807) is 6.92 Å². The lowest BCUT2D eigenvalue weighted by Gasteiger charge is -2.15. The van der Waals surface area contributed by atoms with Crippen LogP contribution >= 0.6 is 6.72 Å². The van der Waals surface area contributed by atoms with E-state index in [1.807, 2.05) is 30.3 Å². The molecule has 100 valence electrons. The van der Waals surface area contributed by atoms with Crippen molar-refractivity contribution in [2.75, 3.05) is 0 Å². The van der Waals surface area contributed by atoms with E-state index in [0.29, 0.717) is 6.42 Å². The zero-order valence-electron chi connectivity index (χ0n) is 10.2. The molecule has 0 radical (unpaired) electrons. The van der Waals surface area contributed by atoms with Crippen molar-refractivity contribution in [1.82, 2.24) is 4.57 Å². The molecule has 1 unspecified atom stereocenters. The molecule has 0 aliphatic heterocycles. The van der Waals surface area contributed by atoms with Gasteiger partial charge in [0.05, 0.1) is 11.6 Å². The molecule has 0 spiro atoms. The summed E-state index contributed by atoms with van der Waals surface area (Å²) < 4.78 is 6.46. The van der Waals surface area contributed by atoms with Gasteiger partial charge in [0.1, 0.15) is 0 Å². The van der Waals surface area contributed by atoms with Crippen molar-refractivity contribution >= 4 is 29.4 Å². The molecule has 0 aliphatic carbocycles. The molecular weight excluding hydrogens is 283 g/mol. The summed E-state index contributed by atoms with van der Waals surface area (Å²) in [6, 6.07) is 9.42. The van der Waals surface area contributed by atoms with Gasteiger partial charge in [-0.1, -0.05) is 18.2 Å². The number of aromatic nitrogens is 1. The number of para-hydroxylation sites is 1. The summed E-state index contributed by atoms with van der Waals surface area (Å²) in [7, 11) is 0. The van der Waals surface area contributed by atoms with Crippen LogP contribution in [0.4, 0.5) is 0 Å². The maximum atomic E-state index is 9.21. The van der Waals surface area contributed by atoms with E-state index in [2.05, 4.69) is 18.0 Å². The largest absolute Gasteiger partial charge is 0.325 e. The Morgan fingerprint density at radius 2 is 2.16 bits per heavy atom. The van der Waals surface area contributed by atoms with Gasteiger partial charge in [-0.15, -0.1) is 0 Å². The first-order valence-electron chi connectivity index (χ1n) is 5.64. The highest BCUT2D eigenvalue weighted by atomic mass is 32.5. The van der Waals surface area contributed by atoms with Gasteiger partial charge in [-0.3, -0.25) is 4.57 Å². The zero-order valence-corrected chi connectivity index (χ0v) is 11.9. The molecular formula is C12H13N2O3PS. The quantitative estimate of drug-likeness (QED) is 0.845. The van der Waals surface area contributed by atoms with E-state index in [9.17, 15) is 5.26 Å². The molecule has 0 saturated carbocycles. The van der Waals surface area contributed by atoms with Crippen molar-refractivity contribution in [3.05, 3.63) is 36.0 Å². The van der Waals surface area contributed by atoms with Gasteiger partial charge in [0.15, 0.2) is 6.19 Å². The van der Waals surface area contributed by atoms with Crippen molar-refractivity contribution in [2.24, 2.45) is 0 Å². The second-order valence-electron chi connectivity index (χ2n) is 4.24. The summed E-state index contributed by atoms with van der Waals surface area (Å²) in [4.78, 5) is 18.2. The van der Waals surface area contributed by atoms with Gasteiger partial charge in [-0.05, 0) is 30.9 Å². The topological polar surface area (TPSA) is 78.4 Å². The molecule has 1 aromatic carbocycles. The average molecular weight is 296 g/mol. The van der Waals surface area contributed by atoms with E-state index < -0.39 is 12.8 Å². The third kappa shape index (κ3) is 3.41. The third-order valence-electron chi connectivity index (χ3n) is 2.70. The molecule has 2 aromatic rings. The highest BCUT2D eigenvalue weighted by Crippen LogP contribution is 2.38. The molecule has 2 rings (SSSR count). The minimum Gasteiger partial charge on any atom is -0.325 e. The molecule has 2 N–H and O–H groups in total. The van der Waals surface area contributed by atoms with E-state index in [0.717, 1.165) is 16.6 Å². The van der Waals surface area contributed by atoms with E-state index in [4.69, 9.17) is 14.3 Å². The van der Waals surface area contributed by atoms with Gasteiger partial charge in [0.25, 0.3) is 0 Å². The number of fused-ring (bicyclic) bond motifs is 1. The van der Waals surface area contributed by atoms with Gasteiger partial charge in [0.2, 0.25) is 0 Å². The highest BCUT2D eigenvalue weighted by molar-refractivity contribution is 8.06. The van der Waals surface area contributed by atoms with Gasteiger partial charge >= 0.3 is 6.72 Å². The molecule has 0 aliphatic rings. The predicted molar refractivity (Wildman–Crippen MR) is 75.9 cm³/mol. The summed E-state index contributed by atoms with van der Waals surface area (Å²) in [5.41, 5.74) is 1.57. The van der Waals surface area contributed by atoms with Crippen LogP contribution in [0.5, 0.6) is 0 Å². The molecule has 19 heavy (non-hydrogen) atoms. The van der Waals surface area contributed by atoms with Crippen LogP contribution in [0.2, 0.25) is 0 Å². The van der Waals surface area contributed by atoms with Crippen LogP contribution in [0.25, 0.3) is 10.9 Å². The fraction of sp³-hybridized carbons (Fsp3) is 0.250. The lowest BCUT2D eigenvalue weighted by Crippen LogP contribution is -2.12. The first kappa shape index (κ1) is 14.2. The zero-order chi connectivity index (χ0) is 14.0. The fourth-order valence-electron chi connectivity index (χ4n) is 2.05. The van der Waals surface area contributed by atoms with Crippen LogP contribution in [0.3, 0.4) is 0 Å². The van der Waals surface area contributed by atoms with Crippen LogP contribution in [0.1, 0.15) is 12.6 Å². The van der Waals surface area contributed by atoms with Crippen LogP contribution < -0.4 is 0 Å². The van der Waals surface area contributed by atoms with Crippen LogP contribution in [0.15, 0.2) is 30.3 Å². The first-order chi connectivity index (χ1) is 8.90. The summed E-state index contributed by atoms with van der Waals surface area (Å²) in [6.45, 7) is -1.99. The number of nitrogens with zero attached hydrogens (tertiary/aromatic N) is 2. The fourth-order valence-corrected chi connectivity index (χ4v) is 3.03. The Labute approximate surface area is 115 Å². The van der Waals surface area contributed by atoms with Gasteiger partial charge in [0, 0.05) is 17.5 Å². The number of rotatable bonds is 4. The maximum Gasteiger partial charge on any atom is 0.322 e. The molecule has 1 heterocycles. The third-order valence-corrected chi connectivity index (χ3v) is 3.59. The Morgan fingerprint density at radius 1 is 1.47 bits per heavy atom. The average Bonchev–Trinajstić information content (AvgIpc) is 2.63. The van der Waals surface area contributed by atoms with Gasteiger partial charge in [-0.25, -0.2) is 0 Å². The van der Waals surface area contributed by atoms with Crippen LogP contribution in [-0.2, 0) is 22.8 Å². The number of nitriles is 1. The molecule has 0 saturated heterocycles. The lowest BCUT2D eigenvalue weighted by molar-refractivity contribution is 0.182. The minimum absolute atomic E-state index is 0.377. The smallest absolute Gasteiger partial charge is 0.322 e. The predicted octanol–water partition coefficient (Wildman–Crippen LogP) is 2.13. The van der Waals surface area contributed by atoms with Crippen molar-refractivity contribution < 1.29 is 14.3 Å². The van der Waals surface area contributed by atoms with Crippen molar-refractivity contribution in [2.45, 2.75) is 19.4 Å². The summed E-state index contributed by atoms with van der Waals surface area (Å²) in [5.74, 6) is 0. The second-order valence-corrected chi connectivity index (χ2v) is 6.86. The molecule has 0 bridgehead atoms. The molecule has 7 heteroatoms. The van der Waals surface area contributed by atoms with Crippen molar-refractivity contribution in [1.29, 1.82) is 5.26 Å². The molecule has 1 aromatic heterocycles. The summed E-state index contributed by atoms with van der Waals surface area (Å²) in [6.07, 6.45) is 2.01. The van der Waals surface area contributed by atoms with Gasteiger partial charge < -0.3 is 14.3 Å². The second kappa shape index (κ2) is 5.41. The Hall–Kier alpha value is -1.22. The Balaban J connectivity index is 2.31. The van der Waals surface area contributed by atoms with Gasteiger partial charge in [-0.2, -0.15) is 5.26 Å². The molecule has 0 fully saturated rings. The summed E-state index contributed by atoms with van der Waals surface area (Å²) in [5, 5.41) is 10.2. The molecule has 1 atom stereocenters. The number of hydrogen-bond acceptors (Lipinski definition) is 3. The first-order valence-corrected chi connectivity index (χ1v) is 8.26. The van der Waals surface area contributed by atoms with E-state index in [1.165, 1.54) is 4.57 Å². The molecule has 5 nitrogen and oxygen atoms in total. The molecule has 0 amide bonds. The highest BCUT2D eigenvalue weighted by Gasteiger charge is 2.17. The van der Waals surface area contributed by atoms with E-state index >= 15 is 0 Å². The minimum atomic E-state index is -3.68.